The van der Waals surface area contributed by atoms with Gasteiger partial charge in [-0.15, -0.1) is 10.2 Å². The largest absolute Gasteiger partial charge is 0.426 e. The number of alkyl halides is 3. The summed E-state index contributed by atoms with van der Waals surface area (Å²) in [5, 5.41) is 19.8. The highest BCUT2D eigenvalue weighted by atomic mass is 19.4. The molecule has 0 radical (unpaired) electrons. The molecule has 6 nitrogen and oxygen atoms in total. The molecule has 0 spiro atoms. The Hall–Kier alpha value is -2.63. The summed E-state index contributed by atoms with van der Waals surface area (Å²) in [6.07, 6.45) is -1.26. The van der Waals surface area contributed by atoms with Crippen molar-refractivity contribution in [2.75, 3.05) is 5.32 Å². The first-order valence-corrected chi connectivity index (χ1v) is 7.89. The summed E-state index contributed by atoms with van der Waals surface area (Å²) in [7, 11) is 0. The molecule has 132 valence electrons. The van der Waals surface area contributed by atoms with Gasteiger partial charge in [0.05, 0.1) is 5.56 Å². The maximum Gasteiger partial charge on any atom is 0.419 e. The smallest absolute Gasteiger partial charge is 0.419 e. The zero-order chi connectivity index (χ0) is 18.0. The van der Waals surface area contributed by atoms with E-state index in [1.807, 2.05) is 0 Å². The minimum Gasteiger partial charge on any atom is -0.426 e. The predicted molar refractivity (Wildman–Crippen MR) is 81.4 cm³/mol. The summed E-state index contributed by atoms with van der Waals surface area (Å²) in [5.41, 5.74) is -1.63. The number of halogens is 3. The van der Waals surface area contributed by atoms with Crippen molar-refractivity contribution in [3.8, 4) is 6.07 Å². The molecule has 2 heterocycles. The molecule has 2 aromatic rings. The van der Waals surface area contributed by atoms with Crippen LogP contribution in [0.5, 0.6) is 0 Å². The van der Waals surface area contributed by atoms with Crippen LogP contribution in [0.15, 0.2) is 16.5 Å². The van der Waals surface area contributed by atoms with Crippen LogP contribution in [-0.2, 0) is 12.6 Å². The number of pyridine rings is 1. The maximum absolute atomic E-state index is 12.8. The summed E-state index contributed by atoms with van der Waals surface area (Å²) in [6.45, 7) is 1.73. The molecule has 25 heavy (non-hydrogen) atoms. The molecule has 0 amide bonds. The normalized spacial score (nSPS) is 20.4. The number of anilines is 1. The van der Waals surface area contributed by atoms with E-state index in [1.165, 1.54) is 12.1 Å². The van der Waals surface area contributed by atoms with Crippen LogP contribution in [0.4, 0.5) is 19.0 Å². The topological polar surface area (TPSA) is 87.6 Å². The van der Waals surface area contributed by atoms with E-state index in [2.05, 4.69) is 20.5 Å². The van der Waals surface area contributed by atoms with Crippen LogP contribution in [0.25, 0.3) is 0 Å². The Kier molecular flexibility index (Phi) is 4.61. The lowest BCUT2D eigenvalue weighted by molar-refractivity contribution is -0.138. The quantitative estimate of drug-likeness (QED) is 0.907. The molecular formula is C16H16F3N5O. The Bertz CT molecular complexity index is 796. The highest BCUT2D eigenvalue weighted by Crippen LogP contribution is 2.33. The van der Waals surface area contributed by atoms with Crippen molar-refractivity contribution in [1.82, 2.24) is 15.2 Å². The van der Waals surface area contributed by atoms with E-state index in [0.717, 1.165) is 25.3 Å². The van der Waals surface area contributed by atoms with Gasteiger partial charge in [-0.25, -0.2) is 4.98 Å². The predicted octanol–water partition coefficient (Wildman–Crippen LogP) is 3.49. The highest BCUT2D eigenvalue weighted by Gasteiger charge is 2.35. The van der Waals surface area contributed by atoms with Crippen molar-refractivity contribution < 1.29 is 17.6 Å². The highest BCUT2D eigenvalue weighted by molar-refractivity contribution is 5.44. The molecule has 0 bridgehead atoms. The molecule has 0 saturated heterocycles. The van der Waals surface area contributed by atoms with Gasteiger partial charge in [0, 0.05) is 19.4 Å². The van der Waals surface area contributed by atoms with Crippen molar-refractivity contribution in [2.24, 2.45) is 5.92 Å². The van der Waals surface area contributed by atoms with Gasteiger partial charge in [-0.2, -0.15) is 18.4 Å². The Morgan fingerprint density at radius 3 is 2.76 bits per heavy atom. The van der Waals surface area contributed by atoms with Crippen LogP contribution in [0.1, 0.15) is 42.3 Å². The van der Waals surface area contributed by atoms with E-state index < -0.39 is 17.4 Å². The Balaban J connectivity index is 1.62. The SMILES string of the molecule is Cc1nnc(C[C@@H]2CC[C@H](Nc3ccc(C(F)(F)F)c(C#N)n3)C2)o1. The molecule has 9 heteroatoms. The van der Waals surface area contributed by atoms with Crippen LogP contribution < -0.4 is 5.32 Å². The third-order valence-electron chi connectivity index (χ3n) is 4.23. The Morgan fingerprint density at radius 2 is 2.12 bits per heavy atom. The number of hydrogen-bond acceptors (Lipinski definition) is 6. The summed E-state index contributed by atoms with van der Waals surface area (Å²) < 4.78 is 43.8. The second-order valence-electron chi connectivity index (χ2n) is 6.14. The fraction of sp³-hybridized carbons (Fsp3) is 0.500. The molecule has 0 unspecified atom stereocenters. The summed E-state index contributed by atoms with van der Waals surface area (Å²) in [4.78, 5) is 3.80. The molecule has 2 aromatic heterocycles. The molecule has 3 rings (SSSR count). The van der Waals surface area contributed by atoms with Crippen molar-refractivity contribution in [2.45, 2.75) is 44.8 Å². The van der Waals surface area contributed by atoms with E-state index in [0.29, 0.717) is 24.1 Å². The van der Waals surface area contributed by atoms with Gasteiger partial charge in [0.15, 0.2) is 5.69 Å². The van der Waals surface area contributed by atoms with Gasteiger partial charge in [-0.05, 0) is 37.3 Å². The number of hydrogen-bond donors (Lipinski definition) is 1. The molecule has 1 N–H and O–H groups in total. The molecular weight excluding hydrogens is 335 g/mol. The second-order valence-corrected chi connectivity index (χ2v) is 6.14. The van der Waals surface area contributed by atoms with Gasteiger partial charge in [0.2, 0.25) is 11.8 Å². The van der Waals surface area contributed by atoms with Crippen LogP contribution >= 0.6 is 0 Å². The Labute approximate surface area is 142 Å². The van der Waals surface area contributed by atoms with Crippen molar-refractivity contribution in [3.05, 3.63) is 35.2 Å². The lowest BCUT2D eigenvalue weighted by Gasteiger charge is -2.15. The standard InChI is InChI=1S/C16H16F3N5O/c1-9-23-24-15(25-9)7-10-2-3-11(6-10)21-14-5-4-12(16(17,18)19)13(8-20)22-14/h4-5,10-11H,2-3,6-7H2,1H3,(H,21,22)/t10-,11+/m1/s1. The van der Waals surface area contributed by atoms with Crippen LogP contribution in [0.3, 0.4) is 0 Å². The number of nitriles is 1. The van der Waals surface area contributed by atoms with Crippen molar-refractivity contribution in [3.63, 3.8) is 0 Å². The fourth-order valence-electron chi connectivity index (χ4n) is 3.12. The first-order chi connectivity index (χ1) is 11.8. The number of aryl methyl sites for hydroxylation is 1. The summed E-state index contributed by atoms with van der Waals surface area (Å²) in [6, 6.07) is 3.75. The fourth-order valence-corrected chi connectivity index (χ4v) is 3.12. The lowest BCUT2D eigenvalue weighted by atomic mass is 10.0. The zero-order valence-electron chi connectivity index (χ0n) is 13.5. The van der Waals surface area contributed by atoms with E-state index in [9.17, 15) is 13.2 Å². The molecule has 1 aliphatic rings. The number of rotatable bonds is 4. The van der Waals surface area contributed by atoms with E-state index in [-0.39, 0.29) is 11.9 Å². The van der Waals surface area contributed by atoms with Gasteiger partial charge in [-0.1, -0.05) is 0 Å². The lowest BCUT2D eigenvalue weighted by Crippen LogP contribution is -2.18. The van der Waals surface area contributed by atoms with Gasteiger partial charge in [0.25, 0.3) is 0 Å². The molecule has 2 atom stereocenters. The minimum atomic E-state index is -4.59. The summed E-state index contributed by atoms with van der Waals surface area (Å²) >= 11 is 0. The van der Waals surface area contributed by atoms with E-state index >= 15 is 0 Å². The monoisotopic (exact) mass is 351 g/mol. The van der Waals surface area contributed by atoms with Gasteiger partial charge >= 0.3 is 6.18 Å². The molecule has 1 saturated carbocycles. The van der Waals surface area contributed by atoms with Crippen LogP contribution in [0, 0.1) is 24.2 Å². The van der Waals surface area contributed by atoms with Gasteiger partial charge in [-0.3, -0.25) is 0 Å². The second kappa shape index (κ2) is 6.70. The molecule has 0 aliphatic heterocycles. The first-order valence-electron chi connectivity index (χ1n) is 7.89. The van der Waals surface area contributed by atoms with E-state index in [4.69, 9.17) is 9.68 Å². The van der Waals surface area contributed by atoms with E-state index in [1.54, 1.807) is 6.92 Å². The zero-order valence-corrected chi connectivity index (χ0v) is 13.5. The van der Waals surface area contributed by atoms with Crippen molar-refractivity contribution in [1.29, 1.82) is 5.26 Å². The Morgan fingerprint density at radius 1 is 1.32 bits per heavy atom. The number of aromatic nitrogens is 3. The third-order valence-corrected chi connectivity index (χ3v) is 4.23. The average molecular weight is 351 g/mol. The van der Waals surface area contributed by atoms with Gasteiger partial charge < -0.3 is 9.73 Å². The van der Waals surface area contributed by atoms with Gasteiger partial charge in [0.1, 0.15) is 11.9 Å². The third kappa shape index (κ3) is 4.07. The maximum atomic E-state index is 12.8. The molecule has 1 fully saturated rings. The summed E-state index contributed by atoms with van der Waals surface area (Å²) in [5.74, 6) is 1.77. The van der Waals surface area contributed by atoms with Crippen LogP contribution in [0.2, 0.25) is 0 Å². The number of nitrogens with one attached hydrogen (secondary N) is 1. The van der Waals surface area contributed by atoms with Crippen molar-refractivity contribution >= 4 is 5.82 Å². The average Bonchev–Trinajstić information content (AvgIpc) is 3.15. The number of nitrogens with zero attached hydrogens (tertiary/aromatic N) is 4. The minimum absolute atomic E-state index is 0.0878. The molecule has 0 aromatic carbocycles. The molecule has 1 aliphatic carbocycles. The van der Waals surface area contributed by atoms with Crippen LogP contribution in [-0.4, -0.2) is 21.2 Å². The first kappa shape index (κ1) is 17.2.